The molecule has 0 aliphatic carbocycles. The van der Waals surface area contributed by atoms with Gasteiger partial charge in [-0.15, -0.1) is 10.2 Å². The summed E-state index contributed by atoms with van der Waals surface area (Å²) in [6, 6.07) is 5.50. The molecule has 0 saturated heterocycles. The van der Waals surface area contributed by atoms with Crippen molar-refractivity contribution in [1.82, 2.24) is 10.2 Å². The van der Waals surface area contributed by atoms with Crippen molar-refractivity contribution in [3.05, 3.63) is 24.1 Å². The third-order valence-electron chi connectivity index (χ3n) is 2.70. The molecule has 0 atom stereocenters. The van der Waals surface area contributed by atoms with Crippen molar-refractivity contribution >= 4 is 0 Å². The Morgan fingerprint density at radius 1 is 1.00 bits per heavy atom. The maximum Gasteiger partial charge on any atom is 0.247 e. The zero-order valence-electron chi connectivity index (χ0n) is 11.9. The lowest BCUT2D eigenvalue weighted by Crippen LogP contribution is -2.11. The average molecular weight is 262 g/mol. The highest BCUT2D eigenvalue weighted by Crippen LogP contribution is 2.32. The molecule has 1 aromatic carbocycles. The monoisotopic (exact) mass is 262 g/mol. The molecule has 0 saturated carbocycles. The third-order valence-corrected chi connectivity index (χ3v) is 2.70. The molecule has 1 heterocycles. The van der Waals surface area contributed by atoms with E-state index in [-0.39, 0.29) is 5.41 Å². The standard InChI is InChI=1S/C14H18N2O3/c1-14(2,3)13-16-15-12(19-13)9-6-7-10(17-4)11(8-9)18-5/h6-8H,1-5H3. The minimum Gasteiger partial charge on any atom is -0.493 e. The van der Waals surface area contributed by atoms with Gasteiger partial charge in [0.2, 0.25) is 11.8 Å². The van der Waals surface area contributed by atoms with Crippen molar-refractivity contribution in [2.24, 2.45) is 0 Å². The van der Waals surface area contributed by atoms with Gasteiger partial charge in [0, 0.05) is 11.0 Å². The Bertz CT molecular complexity index is 570. The fraction of sp³-hybridized carbons (Fsp3) is 0.429. The predicted molar refractivity (Wildman–Crippen MR) is 71.5 cm³/mol. The predicted octanol–water partition coefficient (Wildman–Crippen LogP) is 3.05. The van der Waals surface area contributed by atoms with Crippen LogP contribution in [0, 0.1) is 0 Å². The van der Waals surface area contributed by atoms with Crippen LogP contribution in [0.25, 0.3) is 11.5 Å². The van der Waals surface area contributed by atoms with Crippen molar-refractivity contribution in [2.75, 3.05) is 14.2 Å². The minimum atomic E-state index is -0.165. The van der Waals surface area contributed by atoms with Gasteiger partial charge in [0.15, 0.2) is 11.5 Å². The van der Waals surface area contributed by atoms with E-state index in [1.54, 1.807) is 14.2 Å². The van der Waals surface area contributed by atoms with Crippen molar-refractivity contribution in [1.29, 1.82) is 0 Å². The third kappa shape index (κ3) is 2.70. The normalized spacial score (nSPS) is 11.4. The van der Waals surface area contributed by atoms with Crippen LogP contribution in [0.1, 0.15) is 26.7 Å². The number of hydrogen-bond acceptors (Lipinski definition) is 5. The molecular formula is C14H18N2O3. The Balaban J connectivity index is 2.39. The summed E-state index contributed by atoms with van der Waals surface area (Å²) in [6.45, 7) is 6.08. The zero-order chi connectivity index (χ0) is 14.0. The topological polar surface area (TPSA) is 57.4 Å². The summed E-state index contributed by atoms with van der Waals surface area (Å²) >= 11 is 0. The molecule has 19 heavy (non-hydrogen) atoms. The minimum absolute atomic E-state index is 0.165. The van der Waals surface area contributed by atoms with Gasteiger partial charge in [0.25, 0.3) is 0 Å². The highest BCUT2D eigenvalue weighted by molar-refractivity contribution is 5.59. The lowest BCUT2D eigenvalue weighted by Gasteiger charge is -2.11. The first-order valence-corrected chi connectivity index (χ1v) is 6.02. The van der Waals surface area contributed by atoms with Crippen LogP contribution in [0.15, 0.2) is 22.6 Å². The summed E-state index contributed by atoms with van der Waals surface area (Å²) < 4.78 is 16.1. The Hall–Kier alpha value is -2.04. The second-order valence-electron chi connectivity index (χ2n) is 5.23. The molecule has 0 bridgehead atoms. The van der Waals surface area contributed by atoms with Gasteiger partial charge < -0.3 is 13.9 Å². The molecule has 2 rings (SSSR count). The first-order valence-electron chi connectivity index (χ1n) is 6.02. The van der Waals surface area contributed by atoms with Crippen molar-refractivity contribution in [2.45, 2.75) is 26.2 Å². The maximum atomic E-state index is 5.69. The van der Waals surface area contributed by atoms with Crippen molar-refractivity contribution < 1.29 is 13.9 Å². The second-order valence-corrected chi connectivity index (χ2v) is 5.23. The highest BCUT2D eigenvalue weighted by atomic mass is 16.5. The van der Waals surface area contributed by atoms with E-state index in [2.05, 4.69) is 10.2 Å². The van der Waals surface area contributed by atoms with E-state index in [1.165, 1.54) is 0 Å². The van der Waals surface area contributed by atoms with Crippen LogP contribution < -0.4 is 9.47 Å². The molecule has 5 heteroatoms. The smallest absolute Gasteiger partial charge is 0.247 e. The van der Waals surface area contributed by atoms with Crippen molar-refractivity contribution in [3.63, 3.8) is 0 Å². The average Bonchev–Trinajstić information content (AvgIpc) is 2.87. The Morgan fingerprint density at radius 3 is 2.21 bits per heavy atom. The Labute approximate surface area is 112 Å². The van der Waals surface area contributed by atoms with Gasteiger partial charge in [-0.1, -0.05) is 20.8 Å². The van der Waals surface area contributed by atoms with Gasteiger partial charge >= 0.3 is 0 Å². The molecular weight excluding hydrogens is 244 g/mol. The van der Waals surface area contributed by atoms with E-state index in [0.29, 0.717) is 23.3 Å². The van der Waals surface area contributed by atoms with E-state index >= 15 is 0 Å². The van der Waals surface area contributed by atoms with Crippen molar-refractivity contribution in [3.8, 4) is 23.0 Å². The molecule has 1 aromatic heterocycles. The van der Waals surface area contributed by atoms with E-state index in [9.17, 15) is 0 Å². The van der Waals surface area contributed by atoms with Gasteiger partial charge in [0.1, 0.15) is 0 Å². The van der Waals surface area contributed by atoms with Gasteiger partial charge in [-0.3, -0.25) is 0 Å². The number of methoxy groups -OCH3 is 2. The number of rotatable bonds is 3. The van der Waals surface area contributed by atoms with Crippen LogP contribution in [0.3, 0.4) is 0 Å². The molecule has 2 aromatic rings. The summed E-state index contributed by atoms with van der Waals surface area (Å²) in [5, 5.41) is 8.14. The summed E-state index contributed by atoms with van der Waals surface area (Å²) in [7, 11) is 3.19. The number of nitrogens with zero attached hydrogens (tertiary/aromatic N) is 2. The highest BCUT2D eigenvalue weighted by Gasteiger charge is 2.22. The Kier molecular flexibility index (Phi) is 3.46. The summed E-state index contributed by atoms with van der Waals surface area (Å²) in [5.74, 6) is 2.39. The van der Waals surface area contributed by atoms with Gasteiger partial charge in [0.05, 0.1) is 14.2 Å². The first kappa shape index (κ1) is 13.4. The lowest BCUT2D eigenvalue weighted by molar-refractivity contribution is 0.355. The molecule has 0 amide bonds. The molecule has 0 fully saturated rings. The number of ether oxygens (including phenoxy) is 2. The molecule has 0 radical (unpaired) electrons. The van der Waals surface area contributed by atoms with E-state index in [0.717, 1.165) is 5.56 Å². The summed E-state index contributed by atoms with van der Waals surface area (Å²) in [6.07, 6.45) is 0. The summed E-state index contributed by atoms with van der Waals surface area (Å²) in [5.41, 5.74) is 0.641. The fourth-order valence-electron chi connectivity index (χ4n) is 1.61. The first-order chi connectivity index (χ1) is 8.95. The molecule has 0 spiro atoms. The summed E-state index contributed by atoms with van der Waals surface area (Å²) in [4.78, 5) is 0. The van der Waals surface area contributed by atoms with Gasteiger partial charge in [-0.2, -0.15) is 0 Å². The Morgan fingerprint density at radius 2 is 1.68 bits per heavy atom. The van der Waals surface area contributed by atoms with Gasteiger partial charge in [-0.05, 0) is 18.2 Å². The molecule has 0 N–H and O–H groups in total. The molecule has 102 valence electrons. The SMILES string of the molecule is COc1ccc(-c2nnc(C(C)(C)C)o2)cc1OC. The maximum absolute atomic E-state index is 5.69. The van der Waals surface area contributed by atoms with E-state index in [4.69, 9.17) is 13.9 Å². The fourth-order valence-corrected chi connectivity index (χ4v) is 1.61. The molecule has 0 aliphatic heterocycles. The molecule has 0 aliphatic rings. The van der Waals surface area contributed by atoms with Crippen LogP contribution >= 0.6 is 0 Å². The molecule has 0 unspecified atom stereocenters. The zero-order valence-corrected chi connectivity index (χ0v) is 11.9. The largest absolute Gasteiger partial charge is 0.493 e. The number of benzene rings is 1. The number of hydrogen-bond donors (Lipinski definition) is 0. The van der Waals surface area contributed by atoms with Gasteiger partial charge in [-0.25, -0.2) is 0 Å². The molecule has 5 nitrogen and oxygen atoms in total. The van der Waals surface area contributed by atoms with Crippen LogP contribution in [-0.4, -0.2) is 24.4 Å². The van der Waals surface area contributed by atoms with Crippen LogP contribution in [0.5, 0.6) is 11.5 Å². The quantitative estimate of drug-likeness (QED) is 0.850. The van der Waals surface area contributed by atoms with Crippen LogP contribution in [-0.2, 0) is 5.41 Å². The number of aromatic nitrogens is 2. The van der Waals surface area contributed by atoms with Crippen LogP contribution in [0.4, 0.5) is 0 Å². The van der Waals surface area contributed by atoms with Crippen LogP contribution in [0.2, 0.25) is 0 Å². The lowest BCUT2D eigenvalue weighted by atomic mass is 9.97. The van der Waals surface area contributed by atoms with E-state index < -0.39 is 0 Å². The van der Waals surface area contributed by atoms with E-state index in [1.807, 2.05) is 39.0 Å². The second kappa shape index (κ2) is 4.91.